The monoisotopic (exact) mass is 946 g/mol. The van der Waals surface area contributed by atoms with Gasteiger partial charge in [0.25, 0.3) is 0 Å². The molecule has 0 spiro atoms. The molecule has 0 aliphatic heterocycles. The van der Waals surface area contributed by atoms with Crippen molar-refractivity contribution in [3.8, 4) is 0 Å². The average molecular weight is 947 g/mol. The van der Waals surface area contributed by atoms with Crippen LogP contribution in [0, 0.1) is 28.6 Å². The number of nitrogens with one attached hydrogen (secondary N) is 1. The molecule has 15 heteroatoms. The lowest BCUT2D eigenvalue weighted by Gasteiger charge is -2.68. The molecule has 1 amide bonds. The third-order valence-electron chi connectivity index (χ3n) is 15.1. The van der Waals surface area contributed by atoms with Crippen molar-refractivity contribution in [3.05, 3.63) is 82.9 Å². The van der Waals surface area contributed by atoms with Gasteiger partial charge in [-0.25, -0.2) is 14.4 Å². The number of hydrogen-bond donors (Lipinski definition) is 3. The predicted octanol–water partition coefficient (Wildman–Crippen LogP) is 8.01. The molecule has 2 bridgehead atoms. The maximum Gasteiger partial charge on any atom is 0.408 e. The van der Waals surface area contributed by atoms with E-state index in [2.05, 4.69) is 5.32 Å². The van der Waals surface area contributed by atoms with Crippen molar-refractivity contribution in [2.45, 2.75) is 167 Å². The SMILES string of the molecule is CO[C@H]1C[C@H]2CC[C@@]2(OC(C)=O)C2C(OC(=O)c3ccccc3)[C@]3(O)C[C@H](OC(=O)C(O[Si](C(C)C)C(C)C)[C@@H](NC(=O)OC(C)(C)C)c4ccccc4)C(C)=C([C@@H](CO)C(=O)[C@@]21C)C3(C)C. The second-order valence-electron chi connectivity index (χ2n) is 21.4. The first-order chi connectivity index (χ1) is 31.3. The zero-order chi connectivity index (χ0) is 49.6. The molecule has 14 nitrogen and oxygen atoms in total. The molecule has 11 atom stereocenters. The third-order valence-corrected chi connectivity index (χ3v) is 17.9. The minimum Gasteiger partial charge on any atom is -0.458 e. The Morgan fingerprint density at radius 3 is 2.03 bits per heavy atom. The first-order valence-electron chi connectivity index (χ1n) is 23.6. The number of ether oxygens (including phenoxy) is 5. The number of alkyl carbamates (subject to hydrolysis) is 1. The number of fused-ring (bicyclic) bond motifs is 5. The summed E-state index contributed by atoms with van der Waals surface area (Å²) in [5.41, 5.74) is -5.99. The fraction of sp³-hybridized carbons (Fsp3) is 0.635. The van der Waals surface area contributed by atoms with Gasteiger partial charge in [0, 0.05) is 31.8 Å². The number of rotatable bonds is 14. The Balaban J connectivity index is 1.57. The molecule has 0 aromatic heterocycles. The Morgan fingerprint density at radius 1 is 0.925 bits per heavy atom. The largest absolute Gasteiger partial charge is 0.458 e. The standard InChI is InChI=1S/C52H72NO13Si/c1-29(2)67(30(3)4)66-41(40(33-20-16-14-17-21-33)53-47(59)65-48(7,8)9)46(58)62-37-27-52(60)44(63-45(57)34-22-18-15-19-23-34)42-50(12,43(56)36(28-54)39(31(37)5)49(52,10)11)38(61-13)26-35-24-25-51(35,42)64-32(6)55/h14-23,29-30,35-38,40-42,44,54,60H,24-28H2,1-13H3,(H,53,59)/t35-,36-,37+,38+,40+,41?,42?,44?,50-,51+,52-/m1/s1. The topological polar surface area (TPSA) is 193 Å². The molecule has 2 aromatic carbocycles. The number of amides is 1. The average Bonchev–Trinajstić information content (AvgIpc) is 3.24. The first-order valence-corrected chi connectivity index (χ1v) is 25.2. The molecule has 1 radical (unpaired) electrons. The van der Waals surface area contributed by atoms with E-state index in [1.54, 1.807) is 103 Å². The van der Waals surface area contributed by atoms with Gasteiger partial charge in [-0.2, -0.15) is 0 Å². The quantitative estimate of drug-likeness (QED) is 0.0715. The normalized spacial score (nSPS) is 31.0. The highest BCUT2D eigenvalue weighted by molar-refractivity contribution is 6.55. The van der Waals surface area contributed by atoms with Gasteiger partial charge in [0.15, 0.2) is 11.9 Å². The molecule has 3 unspecified atom stereocenters. The van der Waals surface area contributed by atoms with Gasteiger partial charge in [-0.15, -0.1) is 0 Å². The third kappa shape index (κ3) is 9.52. The van der Waals surface area contributed by atoms with Gasteiger partial charge in [0.05, 0.1) is 41.6 Å². The predicted molar refractivity (Wildman–Crippen MR) is 251 cm³/mol. The van der Waals surface area contributed by atoms with Gasteiger partial charge < -0.3 is 43.6 Å². The minimum atomic E-state index is -2.17. The van der Waals surface area contributed by atoms with Crippen LogP contribution in [0.4, 0.5) is 4.79 Å². The summed E-state index contributed by atoms with van der Waals surface area (Å²) in [6.45, 7) is 20.8. The van der Waals surface area contributed by atoms with E-state index in [0.717, 1.165) is 0 Å². The number of carbonyl (C=O) groups excluding carboxylic acids is 5. The summed E-state index contributed by atoms with van der Waals surface area (Å²) in [7, 11) is -0.313. The molecule has 3 saturated carbocycles. The van der Waals surface area contributed by atoms with Crippen molar-refractivity contribution in [2.24, 2.45) is 28.6 Å². The summed E-state index contributed by atoms with van der Waals surface area (Å²) in [5, 5.41) is 28.4. The molecule has 3 N–H and O–H groups in total. The zero-order valence-corrected chi connectivity index (χ0v) is 42.5. The fourth-order valence-electron chi connectivity index (χ4n) is 12.0. The number of aliphatic hydroxyl groups is 2. The highest BCUT2D eigenvalue weighted by atomic mass is 28.3. The van der Waals surface area contributed by atoms with Crippen LogP contribution in [-0.2, 0) is 42.5 Å². The van der Waals surface area contributed by atoms with Crippen LogP contribution in [0.3, 0.4) is 0 Å². The highest BCUT2D eigenvalue weighted by Gasteiger charge is 2.77. The Kier molecular flexibility index (Phi) is 15.1. The van der Waals surface area contributed by atoms with Gasteiger partial charge in [0.1, 0.15) is 29.0 Å². The van der Waals surface area contributed by atoms with Crippen molar-refractivity contribution in [1.82, 2.24) is 5.32 Å². The molecule has 67 heavy (non-hydrogen) atoms. The zero-order valence-electron chi connectivity index (χ0n) is 41.5. The van der Waals surface area contributed by atoms with E-state index < -0.39 is 115 Å². The lowest BCUT2D eigenvalue weighted by Crippen LogP contribution is -2.78. The van der Waals surface area contributed by atoms with Gasteiger partial charge in [-0.3, -0.25) is 9.59 Å². The lowest BCUT2D eigenvalue weighted by molar-refractivity contribution is -0.297. The lowest BCUT2D eigenvalue weighted by atomic mass is 9.40. The Bertz CT molecular complexity index is 2180. The highest BCUT2D eigenvalue weighted by Crippen LogP contribution is 2.68. The second kappa shape index (κ2) is 19.5. The number of hydrogen-bond acceptors (Lipinski definition) is 13. The first kappa shape index (κ1) is 52.0. The van der Waals surface area contributed by atoms with Crippen LogP contribution in [0.15, 0.2) is 71.8 Å². The van der Waals surface area contributed by atoms with Crippen LogP contribution in [-0.4, -0.2) is 104 Å². The van der Waals surface area contributed by atoms with E-state index in [1.165, 1.54) is 14.0 Å². The molecule has 2 aromatic rings. The van der Waals surface area contributed by atoms with Crippen LogP contribution in [0.5, 0.6) is 0 Å². The summed E-state index contributed by atoms with van der Waals surface area (Å²) in [4.78, 5) is 72.6. The van der Waals surface area contributed by atoms with Crippen molar-refractivity contribution >= 4 is 38.8 Å². The Morgan fingerprint density at radius 2 is 1.52 bits per heavy atom. The van der Waals surface area contributed by atoms with Crippen molar-refractivity contribution in [1.29, 1.82) is 0 Å². The Labute approximate surface area is 397 Å². The molecule has 6 rings (SSSR count). The molecule has 4 aliphatic rings. The summed E-state index contributed by atoms with van der Waals surface area (Å²) >= 11 is 0. The minimum absolute atomic E-state index is 0.0156. The van der Waals surface area contributed by atoms with Crippen molar-refractivity contribution in [3.63, 3.8) is 0 Å². The number of aliphatic hydroxyl groups excluding tert-OH is 1. The number of carbonyl (C=O) groups is 5. The van der Waals surface area contributed by atoms with E-state index in [1.807, 2.05) is 33.8 Å². The molecule has 0 heterocycles. The van der Waals surface area contributed by atoms with Gasteiger partial charge >= 0.3 is 24.0 Å². The summed E-state index contributed by atoms with van der Waals surface area (Å²) in [6.07, 6.45) is -4.98. The number of benzene rings is 2. The van der Waals surface area contributed by atoms with Crippen molar-refractivity contribution in [2.75, 3.05) is 13.7 Å². The van der Waals surface area contributed by atoms with Gasteiger partial charge in [-0.05, 0) is 93.8 Å². The molecule has 367 valence electrons. The van der Waals surface area contributed by atoms with E-state index in [0.29, 0.717) is 36.0 Å². The Hall–Kier alpha value is -4.41. The molecule has 0 saturated heterocycles. The van der Waals surface area contributed by atoms with Crippen LogP contribution in [0.25, 0.3) is 0 Å². The van der Waals surface area contributed by atoms with E-state index in [-0.39, 0.29) is 29.0 Å². The van der Waals surface area contributed by atoms with Gasteiger partial charge in [0.2, 0.25) is 9.04 Å². The molecule has 3 fully saturated rings. The summed E-state index contributed by atoms with van der Waals surface area (Å²) < 4.78 is 38.4. The molecular weight excluding hydrogens is 875 g/mol. The number of Topliss-reactive ketones (excluding diaryl/α,β-unsaturated/α-hetero) is 1. The van der Waals surface area contributed by atoms with E-state index in [4.69, 9.17) is 28.1 Å². The summed E-state index contributed by atoms with van der Waals surface area (Å²) in [5.74, 6) is -5.50. The molecule has 4 aliphatic carbocycles. The smallest absolute Gasteiger partial charge is 0.408 e. The van der Waals surface area contributed by atoms with E-state index >= 15 is 9.59 Å². The van der Waals surface area contributed by atoms with E-state index in [9.17, 15) is 24.6 Å². The maximum atomic E-state index is 15.8. The van der Waals surface area contributed by atoms with Crippen molar-refractivity contribution < 1.29 is 62.3 Å². The summed E-state index contributed by atoms with van der Waals surface area (Å²) in [6, 6.07) is 16.1. The van der Waals surface area contributed by atoms with Crippen LogP contribution in [0.2, 0.25) is 11.1 Å². The second-order valence-corrected chi connectivity index (χ2v) is 24.7. The van der Waals surface area contributed by atoms with Crippen LogP contribution >= 0.6 is 0 Å². The van der Waals surface area contributed by atoms with Crippen LogP contribution in [0.1, 0.15) is 131 Å². The number of ketones is 1. The fourth-order valence-corrected chi connectivity index (χ4v) is 14.4. The molecular formula is C52H72NO13Si. The number of methoxy groups -OCH3 is 1. The number of esters is 3. The van der Waals surface area contributed by atoms with Crippen LogP contribution < -0.4 is 5.32 Å². The van der Waals surface area contributed by atoms with Gasteiger partial charge in [-0.1, -0.05) is 90.1 Å². The maximum absolute atomic E-state index is 15.8.